The average molecular weight is 280 g/mol. The molecule has 0 amide bonds. The molecule has 1 aromatic heterocycles. The van der Waals surface area contributed by atoms with E-state index in [0.717, 1.165) is 43.8 Å². The van der Waals surface area contributed by atoms with Crippen molar-refractivity contribution >= 4 is 17.1 Å². The topological polar surface area (TPSA) is 32.3 Å². The van der Waals surface area contributed by atoms with Gasteiger partial charge < -0.3 is 5.32 Å². The van der Waals surface area contributed by atoms with Crippen molar-refractivity contribution in [3.8, 4) is 0 Å². The molecule has 1 N–H and O–H groups in total. The summed E-state index contributed by atoms with van der Waals surface area (Å²) in [5, 5.41) is 3.39. The molecule has 0 aliphatic carbocycles. The van der Waals surface area contributed by atoms with Crippen LogP contribution in [-0.4, -0.2) is 42.9 Å². The van der Waals surface area contributed by atoms with E-state index >= 15 is 0 Å². The number of nitrogens with zero attached hydrogens (tertiary/aromatic N) is 1. The van der Waals surface area contributed by atoms with Crippen LogP contribution >= 0.6 is 11.3 Å². The Bertz CT molecular complexity index is 410. The van der Waals surface area contributed by atoms with Gasteiger partial charge >= 0.3 is 0 Å². The second-order valence-electron chi connectivity index (χ2n) is 5.29. The molecule has 2 rings (SSSR count). The van der Waals surface area contributed by atoms with Crippen LogP contribution < -0.4 is 5.32 Å². The van der Waals surface area contributed by atoms with Crippen molar-refractivity contribution in [1.29, 1.82) is 0 Å². The van der Waals surface area contributed by atoms with Crippen LogP contribution in [0.5, 0.6) is 0 Å². The van der Waals surface area contributed by atoms with Crippen molar-refractivity contribution in [2.75, 3.05) is 26.2 Å². The van der Waals surface area contributed by atoms with Gasteiger partial charge in [-0.2, -0.15) is 0 Å². The smallest absolute Gasteiger partial charge is 0.186 e. The summed E-state index contributed by atoms with van der Waals surface area (Å²) >= 11 is 1.61. The first-order valence-electron chi connectivity index (χ1n) is 7.25. The van der Waals surface area contributed by atoms with Crippen LogP contribution in [0.15, 0.2) is 12.1 Å². The number of hydrogen-bond donors (Lipinski definition) is 1. The van der Waals surface area contributed by atoms with E-state index in [4.69, 9.17) is 0 Å². The highest BCUT2D eigenvalue weighted by Crippen LogP contribution is 2.18. The predicted octanol–water partition coefficient (Wildman–Crippen LogP) is 2.70. The number of carbonyl (C=O) groups is 1. The first kappa shape index (κ1) is 14.7. The summed E-state index contributed by atoms with van der Waals surface area (Å²) in [7, 11) is 0. The van der Waals surface area contributed by atoms with Crippen molar-refractivity contribution in [3.63, 3.8) is 0 Å². The quantitative estimate of drug-likeness (QED) is 0.813. The summed E-state index contributed by atoms with van der Waals surface area (Å²) in [6.45, 7) is 8.01. The monoisotopic (exact) mass is 280 g/mol. The maximum Gasteiger partial charge on any atom is 0.186 e. The Labute approximate surface area is 120 Å². The number of carbonyl (C=O) groups excluding carboxylic acids is 1. The molecule has 0 atom stereocenters. The van der Waals surface area contributed by atoms with Gasteiger partial charge in [-0.15, -0.1) is 11.3 Å². The molecule has 106 valence electrons. The molecule has 1 fully saturated rings. The minimum Gasteiger partial charge on any atom is -0.317 e. The molecular formula is C15H24N2OS. The lowest BCUT2D eigenvalue weighted by Gasteiger charge is -2.33. The SMILES string of the molecule is CCCN(CC(=O)c1ccc(C)s1)C1CCNCC1. The van der Waals surface area contributed by atoms with E-state index in [-0.39, 0.29) is 5.78 Å². The fourth-order valence-electron chi connectivity index (χ4n) is 2.70. The summed E-state index contributed by atoms with van der Waals surface area (Å²) in [5.41, 5.74) is 0. The molecule has 19 heavy (non-hydrogen) atoms. The zero-order valence-corrected chi connectivity index (χ0v) is 12.8. The summed E-state index contributed by atoms with van der Waals surface area (Å²) < 4.78 is 0. The van der Waals surface area contributed by atoms with E-state index in [9.17, 15) is 4.79 Å². The van der Waals surface area contributed by atoms with Crippen LogP contribution in [0.2, 0.25) is 0 Å². The lowest BCUT2D eigenvalue weighted by atomic mass is 10.0. The summed E-state index contributed by atoms with van der Waals surface area (Å²) in [6.07, 6.45) is 3.44. The Balaban J connectivity index is 1.97. The lowest BCUT2D eigenvalue weighted by molar-refractivity contribution is 0.0869. The third-order valence-electron chi connectivity index (χ3n) is 3.70. The number of ketones is 1. The summed E-state index contributed by atoms with van der Waals surface area (Å²) in [6, 6.07) is 4.58. The Morgan fingerprint density at radius 2 is 2.16 bits per heavy atom. The van der Waals surface area contributed by atoms with E-state index in [1.807, 2.05) is 12.1 Å². The summed E-state index contributed by atoms with van der Waals surface area (Å²) in [5.74, 6) is 0.282. The number of hydrogen-bond acceptors (Lipinski definition) is 4. The van der Waals surface area contributed by atoms with Gasteiger partial charge in [0, 0.05) is 10.9 Å². The average Bonchev–Trinajstić information content (AvgIpc) is 2.86. The van der Waals surface area contributed by atoms with Gasteiger partial charge in [-0.1, -0.05) is 6.92 Å². The largest absolute Gasteiger partial charge is 0.317 e. The van der Waals surface area contributed by atoms with Crippen LogP contribution in [0.25, 0.3) is 0 Å². The van der Waals surface area contributed by atoms with Crippen molar-refractivity contribution in [2.24, 2.45) is 0 Å². The Kier molecular flexibility index (Phi) is 5.55. The second kappa shape index (κ2) is 7.17. The third-order valence-corrected chi connectivity index (χ3v) is 4.74. The highest BCUT2D eigenvalue weighted by molar-refractivity contribution is 7.14. The van der Waals surface area contributed by atoms with Gasteiger partial charge in [-0.25, -0.2) is 0 Å². The van der Waals surface area contributed by atoms with Crippen molar-refractivity contribution in [2.45, 2.75) is 39.2 Å². The van der Waals surface area contributed by atoms with Crippen LogP contribution in [0.4, 0.5) is 0 Å². The second-order valence-corrected chi connectivity index (χ2v) is 6.57. The molecule has 2 heterocycles. The maximum atomic E-state index is 12.3. The standard InChI is InChI=1S/C15H24N2OS/c1-3-10-17(13-6-8-16-9-7-13)11-14(18)15-5-4-12(2)19-15/h4-5,13,16H,3,6-11H2,1-2H3. The van der Waals surface area contributed by atoms with Crippen molar-refractivity contribution < 1.29 is 4.79 Å². The van der Waals surface area contributed by atoms with Gasteiger partial charge in [0.05, 0.1) is 11.4 Å². The van der Waals surface area contributed by atoms with E-state index in [2.05, 4.69) is 24.1 Å². The molecule has 0 radical (unpaired) electrons. The Morgan fingerprint density at radius 1 is 1.42 bits per heavy atom. The minimum absolute atomic E-state index is 0.282. The number of nitrogens with one attached hydrogen (secondary N) is 1. The van der Waals surface area contributed by atoms with Crippen LogP contribution in [0.1, 0.15) is 40.7 Å². The van der Waals surface area contributed by atoms with E-state index < -0.39 is 0 Å². The molecule has 0 spiro atoms. The number of Topliss-reactive ketones (excluding diaryl/α,β-unsaturated/α-hetero) is 1. The van der Waals surface area contributed by atoms with E-state index in [1.165, 1.54) is 4.88 Å². The highest BCUT2D eigenvalue weighted by atomic mass is 32.1. The molecule has 1 saturated heterocycles. The Morgan fingerprint density at radius 3 is 2.74 bits per heavy atom. The summed E-state index contributed by atoms with van der Waals surface area (Å²) in [4.78, 5) is 16.9. The predicted molar refractivity (Wildman–Crippen MR) is 81.1 cm³/mol. The van der Waals surface area contributed by atoms with Gasteiger partial charge in [-0.05, 0) is 58.0 Å². The molecular weight excluding hydrogens is 256 g/mol. The van der Waals surface area contributed by atoms with Gasteiger partial charge in [0.2, 0.25) is 0 Å². The maximum absolute atomic E-state index is 12.3. The first-order valence-corrected chi connectivity index (χ1v) is 8.06. The molecule has 1 aliphatic heterocycles. The van der Waals surface area contributed by atoms with Crippen LogP contribution in [0.3, 0.4) is 0 Å². The van der Waals surface area contributed by atoms with Gasteiger partial charge in [-0.3, -0.25) is 9.69 Å². The Hall–Kier alpha value is -0.710. The minimum atomic E-state index is 0.282. The molecule has 3 nitrogen and oxygen atoms in total. The fourth-order valence-corrected chi connectivity index (χ4v) is 3.49. The zero-order chi connectivity index (χ0) is 13.7. The number of thiophene rings is 1. The molecule has 0 aromatic carbocycles. The molecule has 0 saturated carbocycles. The first-order chi connectivity index (χ1) is 9.20. The van der Waals surface area contributed by atoms with E-state index in [1.54, 1.807) is 11.3 Å². The van der Waals surface area contributed by atoms with Crippen molar-refractivity contribution in [3.05, 3.63) is 21.9 Å². The van der Waals surface area contributed by atoms with Gasteiger partial charge in [0.15, 0.2) is 5.78 Å². The van der Waals surface area contributed by atoms with Gasteiger partial charge in [0.25, 0.3) is 0 Å². The van der Waals surface area contributed by atoms with Gasteiger partial charge in [0.1, 0.15) is 0 Å². The van der Waals surface area contributed by atoms with Crippen LogP contribution in [-0.2, 0) is 0 Å². The lowest BCUT2D eigenvalue weighted by Crippen LogP contribution is -2.45. The number of rotatable bonds is 6. The third kappa shape index (κ3) is 4.13. The normalized spacial score (nSPS) is 17.0. The molecule has 1 aromatic rings. The highest BCUT2D eigenvalue weighted by Gasteiger charge is 2.23. The number of aryl methyl sites for hydroxylation is 1. The fraction of sp³-hybridized carbons (Fsp3) is 0.667. The molecule has 0 bridgehead atoms. The van der Waals surface area contributed by atoms with Crippen LogP contribution in [0, 0.1) is 6.92 Å². The molecule has 1 aliphatic rings. The number of piperidine rings is 1. The molecule has 0 unspecified atom stereocenters. The van der Waals surface area contributed by atoms with E-state index in [0.29, 0.717) is 12.6 Å². The molecule has 4 heteroatoms. The zero-order valence-electron chi connectivity index (χ0n) is 11.9. The van der Waals surface area contributed by atoms with Crippen molar-refractivity contribution in [1.82, 2.24) is 10.2 Å².